The molecule has 0 aliphatic rings. The SMILES string of the molecule is CC(C)C(C(=O)O)S(=O)c1cccc(F)c1. The van der Waals surface area contributed by atoms with Crippen molar-refractivity contribution >= 4 is 16.8 Å². The van der Waals surface area contributed by atoms with Crippen molar-refractivity contribution in [3.8, 4) is 0 Å². The molecule has 0 aliphatic heterocycles. The quantitative estimate of drug-likeness (QED) is 0.881. The van der Waals surface area contributed by atoms with Crippen LogP contribution in [0.4, 0.5) is 4.39 Å². The highest BCUT2D eigenvalue weighted by Gasteiger charge is 2.29. The molecule has 1 N–H and O–H groups in total. The van der Waals surface area contributed by atoms with E-state index >= 15 is 0 Å². The molecule has 3 nitrogen and oxygen atoms in total. The third-order valence-electron chi connectivity index (χ3n) is 2.11. The number of hydrogen-bond acceptors (Lipinski definition) is 2. The molecule has 1 aromatic rings. The zero-order valence-electron chi connectivity index (χ0n) is 9.01. The highest BCUT2D eigenvalue weighted by atomic mass is 32.2. The molecule has 0 radical (unpaired) electrons. The summed E-state index contributed by atoms with van der Waals surface area (Å²) >= 11 is 0. The Kier molecular flexibility index (Phi) is 4.18. The Morgan fingerprint density at radius 1 is 1.44 bits per heavy atom. The Hall–Kier alpha value is -1.23. The van der Waals surface area contributed by atoms with Crippen LogP contribution in [0.3, 0.4) is 0 Å². The summed E-state index contributed by atoms with van der Waals surface area (Å²) in [6.07, 6.45) is 0. The van der Waals surface area contributed by atoms with Crippen molar-refractivity contribution in [3.63, 3.8) is 0 Å². The summed E-state index contributed by atoms with van der Waals surface area (Å²) in [6.45, 7) is 3.35. The van der Waals surface area contributed by atoms with Crippen molar-refractivity contribution < 1.29 is 18.5 Å². The van der Waals surface area contributed by atoms with Crippen LogP contribution in [0.1, 0.15) is 13.8 Å². The van der Waals surface area contributed by atoms with Gasteiger partial charge in [0, 0.05) is 4.90 Å². The van der Waals surface area contributed by atoms with E-state index in [1.807, 2.05) is 0 Å². The maximum Gasteiger partial charge on any atom is 0.319 e. The number of carboxylic acid groups (broad SMARTS) is 1. The molecule has 0 spiro atoms. The summed E-state index contributed by atoms with van der Waals surface area (Å²) in [4.78, 5) is 11.2. The fourth-order valence-electron chi connectivity index (χ4n) is 1.36. The summed E-state index contributed by atoms with van der Waals surface area (Å²) in [5, 5.41) is 7.95. The molecule has 2 unspecified atom stereocenters. The van der Waals surface area contributed by atoms with E-state index in [9.17, 15) is 13.4 Å². The van der Waals surface area contributed by atoms with Crippen molar-refractivity contribution in [2.24, 2.45) is 5.92 Å². The van der Waals surface area contributed by atoms with E-state index in [0.717, 1.165) is 6.07 Å². The molecule has 1 aromatic carbocycles. The molecule has 0 saturated carbocycles. The molecule has 5 heteroatoms. The van der Waals surface area contributed by atoms with E-state index in [0.29, 0.717) is 0 Å². The zero-order valence-corrected chi connectivity index (χ0v) is 9.83. The Balaban J connectivity index is 3.04. The molecule has 0 heterocycles. The van der Waals surface area contributed by atoms with Gasteiger partial charge in [0.1, 0.15) is 11.1 Å². The summed E-state index contributed by atoms with van der Waals surface area (Å²) in [7, 11) is -1.73. The average Bonchev–Trinajstić information content (AvgIpc) is 2.16. The number of benzene rings is 1. The Labute approximate surface area is 95.8 Å². The van der Waals surface area contributed by atoms with Gasteiger partial charge in [0.25, 0.3) is 0 Å². The molecule has 0 fully saturated rings. The monoisotopic (exact) mass is 244 g/mol. The lowest BCUT2D eigenvalue weighted by Crippen LogP contribution is -2.31. The van der Waals surface area contributed by atoms with Crippen LogP contribution in [0.5, 0.6) is 0 Å². The zero-order chi connectivity index (χ0) is 12.3. The lowest BCUT2D eigenvalue weighted by atomic mass is 10.1. The Bertz CT molecular complexity index is 417. The molecular formula is C11H13FO3S. The van der Waals surface area contributed by atoms with Gasteiger partial charge in [-0.2, -0.15) is 0 Å². The van der Waals surface area contributed by atoms with Crippen LogP contribution in [0, 0.1) is 11.7 Å². The molecule has 0 aromatic heterocycles. The molecule has 16 heavy (non-hydrogen) atoms. The van der Waals surface area contributed by atoms with Crippen LogP contribution in [0.15, 0.2) is 29.2 Å². The van der Waals surface area contributed by atoms with Gasteiger partial charge in [-0.05, 0) is 24.1 Å². The van der Waals surface area contributed by atoms with Crippen molar-refractivity contribution in [2.45, 2.75) is 24.0 Å². The van der Waals surface area contributed by atoms with E-state index in [-0.39, 0.29) is 10.8 Å². The minimum atomic E-state index is -1.73. The maximum atomic E-state index is 12.9. The van der Waals surface area contributed by atoms with Gasteiger partial charge in [0.05, 0.1) is 10.8 Å². The first-order valence-electron chi connectivity index (χ1n) is 4.82. The van der Waals surface area contributed by atoms with Crippen molar-refractivity contribution in [2.75, 3.05) is 0 Å². The molecule has 88 valence electrons. The Morgan fingerprint density at radius 3 is 2.50 bits per heavy atom. The van der Waals surface area contributed by atoms with Crippen molar-refractivity contribution in [1.82, 2.24) is 0 Å². The van der Waals surface area contributed by atoms with Crippen LogP contribution in [-0.4, -0.2) is 20.5 Å². The van der Waals surface area contributed by atoms with Gasteiger partial charge in [0.15, 0.2) is 0 Å². The van der Waals surface area contributed by atoms with E-state index in [4.69, 9.17) is 5.11 Å². The van der Waals surface area contributed by atoms with Crippen molar-refractivity contribution in [3.05, 3.63) is 30.1 Å². The van der Waals surface area contributed by atoms with E-state index in [1.165, 1.54) is 18.2 Å². The van der Waals surface area contributed by atoms with E-state index < -0.39 is 27.8 Å². The lowest BCUT2D eigenvalue weighted by Gasteiger charge is -2.15. The fourth-order valence-corrected chi connectivity index (χ4v) is 2.77. The molecular weight excluding hydrogens is 231 g/mol. The molecule has 2 atom stereocenters. The largest absolute Gasteiger partial charge is 0.480 e. The Morgan fingerprint density at radius 2 is 2.06 bits per heavy atom. The van der Waals surface area contributed by atoms with Crippen molar-refractivity contribution in [1.29, 1.82) is 0 Å². The number of rotatable bonds is 4. The fraction of sp³-hybridized carbons (Fsp3) is 0.364. The van der Waals surface area contributed by atoms with Crippen LogP contribution < -0.4 is 0 Å². The second kappa shape index (κ2) is 5.21. The first kappa shape index (κ1) is 12.8. The van der Waals surface area contributed by atoms with Crippen LogP contribution in [-0.2, 0) is 15.6 Å². The molecule has 0 amide bonds. The van der Waals surface area contributed by atoms with Gasteiger partial charge in [-0.15, -0.1) is 0 Å². The predicted octanol–water partition coefficient (Wildman–Crippen LogP) is 2.04. The van der Waals surface area contributed by atoms with Crippen LogP contribution >= 0.6 is 0 Å². The van der Waals surface area contributed by atoms with Gasteiger partial charge in [0.2, 0.25) is 0 Å². The smallest absolute Gasteiger partial charge is 0.319 e. The third kappa shape index (κ3) is 2.88. The van der Waals surface area contributed by atoms with Gasteiger partial charge in [-0.3, -0.25) is 9.00 Å². The van der Waals surface area contributed by atoms with E-state index in [1.54, 1.807) is 13.8 Å². The lowest BCUT2D eigenvalue weighted by molar-refractivity contribution is -0.137. The number of carbonyl (C=O) groups is 1. The first-order valence-corrected chi connectivity index (χ1v) is 6.03. The number of aliphatic carboxylic acids is 1. The summed E-state index contributed by atoms with van der Waals surface area (Å²) in [5.41, 5.74) is 0. The summed E-state index contributed by atoms with van der Waals surface area (Å²) in [6, 6.07) is 5.22. The maximum absolute atomic E-state index is 12.9. The molecule has 1 rings (SSSR count). The van der Waals surface area contributed by atoms with Gasteiger partial charge in [-0.25, -0.2) is 4.39 Å². The molecule has 0 saturated heterocycles. The summed E-state index contributed by atoms with van der Waals surface area (Å²) in [5.74, 6) is -1.92. The number of halogens is 1. The van der Waals surface area contributed by atoms with Gasteiger partial charge in [-0.1, -0.05) is 19.9 Å². The first-order chi connectivity index (χ1) is 7.43. The minimum Gasteiger partial charge on any atom is -0.480 e. The normalized spacial score (nSPS) is 14.8. The second-order valence-electron chi connectivity index (χ2n) is 3.76. The second-order valence-corrected chi connectivity index (χ2v) is 5.33. The van der Waals surface area contributed by atoms with Gasteiger partial charge < -0.3 is 5.11 Å². The number of hydrogen-bond donors (Lipinski definition) is 1. The highest BCUT2D eigenvalue weighted by molar-refractivity contribution is 7.86. The van der Waals surface area contributed by atoms with Gasteiger partial charge >= 0.3 is 5.97 Å². The minimum absolute atomic E-state index is 0.209. The van der Waals surface area contributed by atoms with Crippen LogP contribution in [0.25, 0.3) is 0 Å². The third-order valence-corrected chi connectivity index (χ3v) is 4.03. The average molecular weight is 244 g/mol. The predicted molar refractivity (Wildman–Crippen MR) is 59.1 cm³/mol. The molecule has 0 bridgehead atoms. The summed E-state index contributed by atoms with van der Waals surface area (Å²) < 4.78 is 24.9. The standard InChI is InChI=1S/C11H13FO3S/c1-7(2)10(11(13)14)16(15)9-5-3-4-8(12)6-9/h3-7,10H,1-2H3,(H,13,14). The highest BCUT2D eigenvalue weighted by Crippen LogP contribution is 2.18. The van der Waals surface area contributed by atoms with E-state index in [2.05, 4.69) is 0 Å². The molecule has 0 aliphatic carbocycles. The van der Waals surface area contributed by atoms with Crippen LogP contribution in [0.2, 0.25) is 0 Å². The number of carboxylic acids is 1. The topological polar surface area (TPSA) is 54.4 Å².